The minimum atomic E-state index is -4.71. The van der Waals surface area contributed by atoms with Gasteiger partial charge in [-0.15, -0.1) is 11.3 Å². The summed E-state index contributed by atoms with van der Waals surface area (Å²) in [6, 6.07) is 2.49. The van der Waals surface area contributed by atoms with E-state index >= 15 is 0 Å². The Labute approximate surface area is 111 Å². The first-order valence-electron chi connectivity index (χ1n) is 5.36. The van der Waals surface area contributed by atoms with Gasteiger partial charge in [-0.25, -0.2) is 9.37 Å². The van der Waals surface area contributed by atoms with Crippen LogP contribution in [0.2, 0.25) is 0 Å². The Kier molecular flexibility index (Phi) is 3.86. The summed E-state index contributed by atoms with van der Waals surface area (Å²) in [6.07, 6.45) is -3.14. The van der Waals surface area contributed by atoms with Crippen LogP contribution in [0.5, 0.6) is 0 Å². The van der Waals surface area contributed by atoms with Gasteiger partial charge in [-0.2, -0.15) is 13.2 Å². The van der Waals surface area contributed by atoms with Crippen LogP contribution in [0.4, 0.5) is 17.6 Å². The lowest BCUT2D eigenvalue weighted by Gasteiger charge is -2.16. The first kappa shape index (κ1) is 14.0. The normalized spacial score (nSPS) is 13.5. The number of thiazole rings is 1. The van der Waals surface area contributed by atoms with Gasteiger partial charge in [-0.3, -0.25) is 0 Å². The van der Waals surface area contributed by atoms with Crippen molar-refractivity contribution >= 4 is 11.3 Å². The molecule has 1 aromatic heterocycles. The van der Waals surface area contributed by atoms with Crippen LogP contribution in [0.15, 0.2) is 29.8 Å². The van der Waals surface area contributed by atoms with E-state index in [2.05, 4.69) is 10.3 Å². The number of nitrogens with zero attached hydrogens (tertiary/aromatic N) is 1. The van der Waals surface area contributed by atoms with Gasteiger partial charge in [0.1, 0.15) is 10.8 Å². The zero-order valence-corrected chi connectivity index (χ0v) is 10.6. The van der Waals surface area contributed by atoms with Crippen molar-refractivity contribution in [1.29, 1.82) is 0 Å². The van der Waals surface area contributed by atoms with Crippen molar-refractivity contribution in [2.24, 2.45) is 0 Å². The van der Waals surface area contributed by atoms with Gasteiger partial charge < -0.3 is 5.32 Å². The molecular formula is C12H10F4N2S. The summed E-state index contributed by atoms with van der Waals surface area (Å²) in [5.74, 6) is -1.27. The van der Waals surface area contributed by atoms with Crippen molar-refractivity contribution in [2.75, 3.05) is 7.05 Å². The van der Waals surface area contributed by atoms with Gasteiger partial charge >= 0.3 is 6.18 Å². The summed E-state index contributed by atoms with van der Waals surface area (Å²) in [5, 5.41) is 5.23. The smallest absolute Gasteiger partial charge is 0.307 e. The van der Waals surface area contributed by atoms with E-state index in [0.717, 1.165) is 12.1 Å². The standard InChI is InChI=1S/C12H10F4N2S/c1-17-10(11-18-4-5-19-11)7-2-3-9(13)8(6-7)12(14,15)16/h2-6,10,17H,1H3. The lowest BCUT2D eigenvalue weighted by Crippen LogP contribution is -2.19. The largest absolute Gasteiger partial charge is 0.419 e. The molecule has 0 saturated heterocycles. The van der Waals surface area contributed by atoms with E-state index in [1.807, 2.05) is 0 Å². The second-order valence-corrected chi connectivity index (χ2v) is 4.76. The molecule has 1 N–H and O–H groups in total. The Morgan fingerprint density at radius 3 is 2.58 bits per heavy atom. The summed E-state index contributed by atoms with van der Waals surface area (Å²) in [7, 11) is 1.61. The maximum Gasteiger partial charge on any atom is 0.419 e. The molecule has 0 amide bonds. The molecule has 0 aliphatic carbocycles. The number of hydrogen-bond donors (Lipinski definition) is 1. The van der Waals surface area contributed by atoms with Crippen LogP contribution in [0.25, 0.3) is 0 Å². The van der Waals surface area contributed by atoms with Crippen molar-refractivity contribution < 1.29 is 17.6 Å². The first-order chi connectivity index (χ1) is 8.93. The van der Waals surface area contributed by atoms with E-state index in [1.54, 1.807) is 18.6 Å². The molecule has 1 heterocycles. The van der Waals surface area contributed by atoms with Crippen molar-refractivity contribution in [3.05, 3.63) is 51.7 Å². The number of rotatable bonds is 3. The van der Waals surface area contributed by atoms with Gasteiger partial charge in [0.15, 0.2) is 0 Å². The van der Waals surface area contributed by atoms with E-state index in [9.17, 15) is 17.6 Å². The summed E-state index contributed by atoms with van der Waals surface area (Å²) in [5.41, 5.74) is -0.937. The van der Waals surface area contributed by atoms with E-state index in [1.165, 1.54) is 17.4 Å². The molecule has 0 aliphatic heterocycles. The van der Waals surface area contributed by atoms with Gasteiger partial charge in [0, 0.05) is 11.6 Å². The summed E-state index contributed by atoms with van der Waals surface area (Å²) < 4.78 is 51.2. The fourth-order valence-electron chi connectivity index (χ4n) is 1.75. The molecule has 19 heavy (non-hydrogen) atoms. The number of halogens is 4. The third kappa shape index (κ3) is 2.93. The Morgan fingerprint density at radius 2 is 2.05 bits per heavy atom. The highest BCUT2D eigenvalue weighted by atomic mass is 32.1. The Bertz CT molecular complexity index is 551. The molecule has 7 heteroatoms. The molecule has 1 unspecified atom stereocenters. The average Bonchev–Trinajstić information content (AvgIpc) is 2.84. The Morgan fingerprint density at radius 1 is 1.32 bits per heavy atom. The van der Waals surface area contributed by atoms with Crippen LogP contribution < -0.4 is 5.32 Å². The minimum Gasteiger partial charge on any atom is -0.307 e. The summed E-state index contributed by atoms with van der Waals surface area (Å²) >= 11 is 1.32. The zero-order chi connectivity index (χ0) is 14.0. The molecule has 0 radical (unpaired) electrons. The molecule has 1 aromatic carbocycles. The average molecular weight is 290 g/mol. The molecule has 0 fully saturated rings. The quantitative estimate of drug-likeness (QED) is 0.874. The van der Waals surface area contributed by atoms with Crippen LogP contribution >= 0.6 is 11.3 Å². The number of alkyl halides is 3. The third-order valence-electron chi connectivity index (χ3n) is 2.62. The number of benzene rings is 1. The van der Waals surface area contributed by atoms with Crippen molar-refractivity contribution in [2.45, 2.75) is 12.2 Å². The molecule has 2 aromatic rings. The predicted molar refractivity (Wildman–Crippen MR) is 64.4 cm³/mol. The topological polar surface area (TPSA) is 24.9 Å². The molecule has 0 saturated carbocycles. The van der Waals surface area contributed by atoms with Gasteiger partial charge in [0.05, 0.1) is 11.6 Å². The molecule has 0 bridgehead atoms. The van der Waals surface area contributed by atoms with Crippen LogP contribution in [-0.2, 0) is 6.18 Å². The Hall–Kier alpha value is -1.47. The Balaban J connectivity index is 2.45. The number of nitrogens with one attached hydrogen (secondary N) is 1. The molecule has 0 aliphatic rings. The van der Waals surface area contributed by atoms with E-state index in [0.29, 0.717) is 10.6 Å². The highest BCUT2D eigenvalue weighted by Gasteiger charge is 2.34. The van der Waals surface area contributed by atoms with E-state index in [4.69, 9.17) is 0 Å². The predicted octanol–water partition coefficient (Wildman–Crippen LogP) is 3.61. The third-order valence-corrected chi connectivity index (χ3v) is 3.46. The highest BCUT2D eigenvalue weighted by molar-refractivity contribution is 7.09. The molecular weight excluding hydrogens is 280 g/mol. The molecule has 2 nitrogen and oxygen atoms in total. The van der Waals surface area contributed by atoms with Crippen molar-refractivity contribution in [3.8, 4) is 0 Å². The van der Waals surface area contributed by atoms with Crippen LogP contribution in [0.3, 0.4) is 0 Å². The van der Waals surface area contributed by atoms with Crippen LogP contribution in [0.1, 0.15) is 22.2 Å². The van der Waals surface area contributed by atoms with Crippen molar-refractivity contribution in [3.63, 3.8) is 0 Å². The molecule has 102 valence electrons. The fourth-order valence-corrected chi connectivity index (χ4v) is 2.52. The summed E-state index contributed by atoms with van der Waals surface area (Å²) in [4.78, 5) is 4.06. The van der Waals surface area contributed by atoms with Gasteiger partial charge in [-0.1, -0.05) is 6.07 Å². The number of hydrogen-bond acceptors (Lipinski definition) is 3. The van der Waals surface area contributed by atoms with Crippen LogP contribution in [0, 0.1) is 5.82 Å². The van der Waals surface area contributed by atoms with E-state index < -0.39 is 23.6 Å². The van der Waals surface area contributed by atoms with Crippen LogP contribution in [-0.4, -0.2) is 12.0 Å². The lowest BCUT2D eigenvalue weighted by atomic mass is 10.0. The maximum absolute atomic E-state index is 13.2. The summed E-state index contributed by atoms with van der Waals surface area (Å²) in [6.45, 7) is 0. The monoisotopic (exact) mass is 290 g/mol. The molecule has 1 atom stereocenters. The second kappa shape index (κ2) is 5.26. The van der Waals surface area contributed by atoms with Gasteiger partial charge in [0.2, 0.25) is 0 Å². The first-order valence-corrected chi connectivity index (χ1v) is 6.24. The zero-order valence-electron chi connectivity index (χ0n) is 9.83. The SMILES string of the molecule is CNC(c1ccc(F)c(C(F)(F)F)c1)c1nccs1. The molecule has 0 spiro atoms. The lowest BCUT2D eigenvalue weighted by molar-refractivity contribution is -0.140. The maximum atomic E-state index is 13.2. The van der Waals surface area contributed by atoms with Gasteiger partial charge in [-0.05, 0) is 24.7 Å². The highest BCUT2D eigenvalue weighted by Crippen LogP contribution is 2.34. The molecule has 2 rings (SSSR count). The fraction of sp³-hybridized carbons (Fsp3) is 0.250. The number of aromatic nitrogens is 1. The van der Waals surface area contributed by atoms with Crippen molar-refractivity contribution in [1.82, 2.24) is 10.3 Å². The van der Waals surface area contributed by atoms with Gasteiger partial charge in [0.25, 0.3) is 0 Å². The minimum absolute atomic E-state index is 0.325. The van der Waals surface area contributed by atoms with E-state index in [-0.39, 0.29) is 0 Å². The second-order valence-electron chi connectivity index (χ2n) is 3.83.